The zero-order valence-electron chi connectivity index (χ0n) is 18.3. The molecule has 5 heteroatoms. The third-order valence-corrected chi connectivity index (χ3v) is 5.04. The highest BCUT2D eigenvalue weighted by Gasteiger charge is 2.18. The molecule has 0 saturated heterocycles. The van der Waals surface area contributed by atoms with Crippen LogP contribution in [-0.4, -0.2) is 17.5 Å². The van der Waals surface area contributed by atoms with Crippen LogP contribution in [0.15, 0.2) is 96.1 Å². The van der Waals surface area contributed by atoms with Crippen LogP contribution in [0.2, 0.25) is 0 Å². The number of nitrogens with one attached hydrogen (secondary N) is 2. The van der Waals surface area contributed by atoms with E-state index < -0.39 is 0 Å². The van der Waals surface area contributed by atoms with E-state index in [1.807, 2.05) is 98.8 Å². The van der Waals surface area contributed by atoms with Crippen LogP contribution < -0.4 is 10.7 Å². The highest BCUT2D eigenvalue weighted by molar-refractivity contribution is 6.04. The van der Waals surface area contributed by atoms with Gasteiger partial charge in [-0.05, 0) is 48.2 Å². The number of anilines is 1. The van der Waals surface area contributed by atoms with Gasteiger partial charge in [0.25, 0.3) is 0 Å². The molecule has 2 amide bonds. The predicted molar refractivity (Wildman–Crippen MR) is 130 cm³/mol. The molecule has 3 aromatic rings. The standard InChI is InChI=1S/C27H27N3O2/c1-3-25(22-13-8-5-9-14-22)27(32)30-29-20(2)23-15-10-16-24(19-23)28-26(31)18-17-21-11-6-4-7-12-21/h4-19,25H,3H2,1-2H3,(H,28,31)(H,30,32). The third-order valence-electron chi connectivity index (χ3n) is 5.04. The van der Waals surface area contributed by atoms with Gasteiger partial charge in [0.1, 0.15) is 0 Å². The topological polar surface area (TPSA) is 70.6 Å². The zero-order valence-corrected chi connectivity index (χ0v) is 18.3. The van der Waals surface area contributed by atoms with Crippen molar-refractivity contribution in [1.29, 1.82) is 0 Å². The number of amides is 2. The van der Waals surface area contributed by atoms with Crippen LogP contribution in [0.1, 0.15) is 42.9 Å². The number of carbonyl (C=O) groups is 2. The number of hydrogen-bond donors (Lipinski definition) is 2. The lowest BCUT2D eigenvalue weighted by molar-refractivity contribution is -0.122. The van der Waals surface area contributed by atoms with Crippen LogP contribution in [0.5, 0.6) is 0 Å². The summed E-state index contributed by atoms with van der Waals surface area (Å²) in [6.07, 6.45) is 3.94. The molecule has 0 aromatic heterocycles. The van der Waals surface area contributed by atoms with Crippen LogP contribution in [0.3, 0.4) is 0 Å². The Labute approximate surface area is 188 Å². The first-order valence-electron chi connectivity index (χ1n) is 10.6. The molecule has 0 saturated carbocycles. The first-order chi connectivity index (χ1) is 15.6. The maximum Gasteiger partial charge on any atom is 0.248 e. The summed E-state index contributed by atoms with van der Waals surface area (Å²) < 4.78 is 0. The lowest BCUT2D eigenvalue weighted by Crippen LogP contribution is -2.26. The Morgan fingerprint density at radius 1 is 0.938 bits per heavy atom. The number of hydrazone groups is 1. The minimum atomic E-state index is -0.255. The molecule has 2 N–H and O–H groups in total. The van der Waals surface area contributed by atoms with E-state index in [4.69, 9.17) is 0 Å². The minimum Gasteiger partial charge on any atom is -0.322 e. The Hall–Kier alpha value is -3.99. The molecule has 32 heavy (non-hydrogen) atoms. The molecule has 3 aromatic carbocycles. The summed E-state index contributed by atoms with van der Waals surface area (Å²) in [5.41, 5.74) is 6.71. The molecule has 3 rings (SSSR count). The fraction of sp³-hybridized carbons (Fsp3) is 0.148. The summed E-state index contributed by atoms with van der Waals surface area (Å²) in [7, 11) is 0. The fourth-order valence-electron chi connectivity index (χ4n) is 3.28. The van der Waals surface area contributed by atoms with Crippen LogP contribution in [0.25, 0.3) is 6.08 Å². The second kappa shape index (κ2) is 11.4. The highest BCUT2D eigenvalue weighted by Crippen LogP contribution is 2.19. The average Bonchev–Trinajstić information content (AvgIpc) is 2.83. The molecule has 0 spiro atoms. The van der Waals surface area contributed by atoms with E-state index >= 15 is 0 Å². The van der Waals surface area contributed by atoms with Crippen molar-refractivity contribution in [3.05, 3.63) is 108 Å². The van der Waals surface area contributed by atoms with E-state index in [2.05, 4.69) is 15.8 Å². The molecule has 0 radical (unpaired) electrons. The van der Waals surface area contributed by atoms with Crippen LogP contribution in [0.4, 0.5) is 5.69 Å². The van der Waals surface area contributed by atoms with E-state index in [-0.39, 0.29) is 17.7 Å². The van der Waals surface area contributed by atoms with Gasteiger partial charge in [-0.3, -0.25) is 9.59 Å². The third kappa shape index (κ3) is 6.51. The molecule has 0 aliphatic rings. The molecule has 0 bridgehead atoms. The van der Waals surface area contributed by atoms with Crippen molar-refractivity contribution in [1.82, 2.24) is 5.43 Å². The summed E-state index contributed by atoms with van der Waals surface area (Å²) in [5.74, 6) is -0.620. The van der Waals surface area contributed by atoms with Crippen molar-refractivity contribution in [2.24, 2.45) is 5.10 Å². The van der Waals surface area contributed by atoms with Gasteiger partial charge >= 0.3 is 0 Å². The van der Waals surface area contributed by atoms with Gasteiger partial charge in [-0.25, -0.2) is 5.43 Å². The maximum atomic E-state index is 12.6. The number of carbonyl (C=O) groups excluding carboxylic acids is 2. The molecular weight excluding hydrogens is 398 g/mol. The smallest absolute Gasteiger partial charge is 0.248 e. The Balaban J connectivity index is 1.63. The van der Waals surface area contributed by atoms with Gasteiger partial charge in [-0.1, -0.05) is 79.7 Å². The van der Waals surface area contributed by atoms with Crippen molar-refractivity contribution in [2.45, 2.75) is 26.2 Å². The van der Waals surface area contributed by atoms with E-state index in [0.29, 0.717) is 17.8 Å². The normalized spacial score (nSPS) is 12.4. The molecule has 0 fully saturated rings. The molecular formula is C27H27N3O2. The van der Waals surface area contributed by atoms with Gasteiger partial charge < -0.3 is 5.32 Å². The maximum absolute atomic E-state index is 12.6. The monoisotopic (exact) mass is 425 g/mol. The van der Waals surface area contributed by atoms with Crippen LogP contribution >= 0.6 is 0 Å². The van der Waals surface area contributed by atoms with Crippen molar-refractivity contribution < 1.29 is 9.59 Å². The van der Waals surface area contributed by atoms with E-state index in [1.165, 1.54) is 6.08 Å². The van der Waals surface area contributed by atoms with Gasteiger partial charge in [0.2, 0.25) is 11.8 Å². The van der Waals surface area contributed by atoms with Crippen LogP contribution in [0, 0.1) is 0 Å². The number of benzene rings is 3. The second-order valence-electron chi connectivity index (χ2n) is 7.36. The Morgan fingerprint density at radius 3 is 2.31 bits per heavy atom. The Morgan fingerprint density at radius 2 is 1.62 bits per heavy atom. The SMILES string of the molecule is CCC(C(=O)NN=C(C)c1cccc(NC(=O)C=Cc2ccccc2)c1)c1ccccc1. The second-order valence-corrected chi connectivity index (χ2v) is 7.36. The van der Waals surface area contributed by atoms with Crippen molar-refractivity contribution in [3.8, 4) is 0 Å². The first kappa shape index (κ1) is 22.7. The number of nitrogens with zero attached hydrogens (tertiary/aromatic N) is 1. The largest absolute Gasteiger partial charge is 0.322 e. The quantitative estimate of drug-likeness (QED) is 0.289. The summed E-state index contributed by atoms with van der Waals surface area (Å²) >= 11 is 0. The average molecular weight is 426 g/mol. The van der Waals surface area contributed by atoms with E-state index in [1.54, 1.807) is 6.08 Å². The fourth-order valence-corrected chi connectivity index (χ4v) is 3.28. The molecule has 1 atom stereocenters. The molecule has 5 nitrogen and oxygen atoms in total. The lowest BCUT2D eigenvalue weighted by Gasteiger charge is -2.13. The Kier molecular flexibility index (Phi) is 8.09. The Bertz CT molecular complexity index is 1110. The summed E-state index contributed by atoms with van der Waals surface area (Å²) in [6.45, 7) is 3.80. The predicted octanol–water partition coefficient (Wildman–Crippen LogP) is 5.37. The number of hydrogen-bond acceptors (Lipinski definition) is 3. The zero-order chi connectivity index (χ0) is 22.8. The number of rotatable bonds is 8. The molecule has 0 aliphatic carbocycles. The van der Waals surface area contributed by atoms with E-state index in [0.717, 1.165) is 16.7 Å². The summed E-state index contributed by atoms with van der Waals surface area (Å²) in [5, 5.41) is 7.13. The van der Waals surface area contributed by atoms with Crippen molar-refractivity contribution in [3.63, 3.8) is 0 Å². The summed E-state index contributed by atoms with van der Waals surface area (Å²) in [4.78, 5) is 24.9. The molecule has 0 aliphatic heterocycles. The molecule has 162 valence electrons. The lowest BCUT2D eigenvalue weighted by atomic mass is 9.96. The van der Waals surface area contributed by atoms with Gasteiger partial charge in [-0.15, -0.1) is 0 Å². The van der Waals surface area contributed by atoms with E-state index in [9.17, 15) is 9.59 Å². The highest BCUT2D eigenvalue weighted by atomic mass is 16.2. The van der Waals surface area contributed by atoms with Crippen LogP contribution in [-0.2, 0) is 9.59 Å². The minimum absolute atomic E-state index is 0.145. The van der Waals surface area contributed by atoms with Gasteiger partial charge in [-0.2, -0.15) is 5.10 Å². The first-order valence-corrected chi connectivity index (χ1v) is 10.6. The summed E-state index contributed by atoms with van der Waals surface area (Å²) in [6, 6.07) is 26.7. The van der Waals surface area contributed by atoms with Crippen molar-refractivity contribution >= 4 is 29.3 Å². The van der Waals surface area contributed by atoms with Gasteiger partial charge in [0.15, 0.2) is 0 Å². The van der Waals surface area contributed by atoms with Gasteiger partial charge in [0.05, 0.1) is 11.6 Å². The molecule has 1 unspecified atom stereocenters. The van der Waals surface area contributed by atoms with Gasteiger partial charge in [0, 0.05) is 11.8 Å². The molecule has 0 heterocycles. The van der Waals surface area contributed by atoms with Crippen molar-refractivity contribution in [2.75, 3.05) is 5.32 Å².